The van der Waals surface area contributed by atoms with Crippen LogP contribution in [0.2, 0.25) is 0 Å². The highest BCUT2D eigenvalue weighted by Gasteiger charge is 2.16. The largest absolute Gasteiger partial charge is 0.348 e. The number of aromatic amines is 1. The summed E-state index contributed by atoms with van der Waals surface area (Å²) in [6, 6.07) is 22.0. The zero-order valence-corrected chi connectivity index (χ0v) is 20.4. The maximum Gasteiger partial charge on any atom is 0.258 e. The first-order valence-electron chi connectivity index (χ1n) is 11.9. The molecule has 36 heavy (non-hydrogen) atoms. The number of fused-ring (bicyclic) bond motifs is 1. The molecule has 0 atom stereocenters. The van der Waals surface area contributed by atoms with Crippen molar-refractivity contribution in [2.45, 2.75) is 26.9 Å². The molecule has 184 valence electrons. The van der Waals surface area contributed by atoms with Crippen LogP contribution in [0.3, 0.4) is 0 Å². The normalized spacial score (nSPS) is 11.0. The van der Waals surface area contributed by atoms with Crippen LogP contribution in [0.5, 0.6) is 0 Å². The van der Waals surface area contributed by atoms with Crippen molar-refractivity contribution in [2.24, 2.45) is 0 Å². The number of benzene rings is 3. The smallest absolute Gasteiger partial charge is 0.258 e. The van der Waals surface area contributed by atoms with Gasteiger partial charge in [0.2, 0.25) is 5.91 Å². The summed E-state index contributed by atoms with van der Waals surface area (Å²) in [6.45, 7) is 5.29. The van der Waals surface area contributed by atoms with E-state index >= 15 is 0 Å². The Bertz CT molecular complexity index is 1430. The lowest BCUT2D eigenvalue weighted by Crippen LogP contribution is -2.34. The van der Waals surface area contributed by atoms with Gasteiger partial charge in [0.25, 0.3) is 11.5 Å². The topological polar surface area (TPSA) is 107 Å². The molecule has 0 spiro atoms. The monoisotopic (exact) mass is 483 g/mol. The molecule has 0 aliphatic carbocycles. The Balaban J connectivity index is 1.40. The first-order chi connectivity index (χ1) is 17.4. The number of hydrogen-bond donors (Lipinski definition) is 3. The molecule has 0 radical (unpaired) electrons. The highest BCUT2D eigenvalue weighted by molar-refractivity contribution is 6.04. The SMILES string of the molecule is CCN(CC(=O)Nc1ccccc1C(=O)NCc1ccc(C)cc1)Cc1nc2ccccc2c(=O)[nH]1. The number of carbonyl (C=O) groups is 2. The van der Waals surface area contributed by atoms with Crippen LogP contribution < -0.4 is 16.2 Å². The van der Waals surface area contributed by atoms with Crippen molar-refractivity contribution in [3.8, 4) is 0 Å². The third-order valence-corrected chi connectivity index (χ3v) is 5.87. The zero-order chi connectivity index (χ0) is 25.5. The van der Waals surface area contributed by atoms with Gasteiger partial charge in [0, 0.05) is 6.54 Å². The highest BCUT2D eigenvalue weighted by Crippen LogP contribution is 2.16. The first-order valence-corrected chi connectivity index (χ1v) is 11.9. The molecule has 4 aromatic rings. The van der Waals surface area contributed by atoms with Crippen LogP contribution in [0.4, 0.5) is 5.69 Å². The molecule has 3 aromatic carbocycles. The van der Waals surface area contributed by atoms with Gasteiger partial charge < -0.3 is 15.6 Å². The van der Waals surface area contributed by atoms with E-state index in [1.165, 1.54) is 0 Å². The first kappa shape index (κ1) is 24.8. The third-order valence-electron chi connectivity index (χ3n) is 5.87. The maximum absolute atomic E-state index is 12.9. The number of aromatic nitrogens is 2. The lowest BCUT2D eigenvalue weighted by atomic mass is 10.1. The number of hydrogen-bond acceptors (Lipinski definition) is 5. The van der Waals surface area contributed by atoms with Crippen LogP contribution in [0.25, 0.3) is 10.9 Å². The Morgan fingerprint density at radius 1 is 0.972 bits per heavy atom. The molecule has 1 heterocycles. The second-order valence-corrected chi connectivity index (χ2v) is 8.60. The van der Waals surface area contributed by atoms with E-state index in [1.807, 2.05) is 49.1 Å². The molecule has 0 unspecified atom stereocenters. The quantitative estimate of drug-likeness (QED) is 0.337. The molecule has 3 N–H and O–H groups in total. The second kappa shape index (κ2) is 11.4. The van der Waals surface area contributed by atoms with Gasteiger partial charge in [0.1, 0.15) is 5.82 Å². The van der Waals surface area contributed by atoms with Crippen LogP contribution >= 0.6 is 0 Å². The van der Waals surface area contributed by atoms with Crippen molar-refractivity contribution in [3.63, 3.8) is 0 Å². The van der Waals surface area contributed by atoms with Gasteiger partial charge in [-0.3, -0.25) is 19.3 Å². The van der Waals surface area contributed by atoms with Crippen LogP contribution in [0.1, 0.15) is 34.2 Å². The molecule has 1 aromatic heterocycles. The summed E-state index contributed by atoms with van der Waals surface area (Å²) >= 11 is 0. The second-order valence-electron chi connectivity index (χ2n) is 8.60. The van der Waals surface area contributed by atoms with Crippen molar-refractivity contribution in [2.75, 3.05) is 18.4 Å². The molecule has 0 bridgehead atoms. The van der Waals surface area contributed by atoms with Gasteiger partial charge in [-0.2, -0.15) is 0 Å². The molecule has 0 saturated carbocycles. The summed E-state index contributed by atoms with van der Waals surface area (Å²) in [6.07, 6.45) is 0. The summed E-state index contributed by atoms with van der Waals surface area (Å²) in [5, 5.41) is 6.29. The Morgan fingerprint density at radius 2 is 1.69 bits per heavy atom. The summed E-state index contributed by atoms with van der Waals surface area (Å²) in [4.78, 5) is 47.2. The minimum Gasteiger partial charge on any atom is -0.348 e. The van der Waals surface area contributed by atoms with E-state index in [-0.39, 0.29) is 23.9 Å². The predicted molar refractivity (Wildman–Crippen MR) is 141 cm³/mol. The minimum absolute atomic E-state index is 0.0758. The fourth-order valence-electron chi connectivity index (χ4n) is 3.87. The number of nitrogens with one attached hydrogen (secondary N) is 3. The number of carbonyl (C=O) groups excluding carboxylic acids is 2. The Morgan fingerprint density at radius 3 is 2.47 bits per heavy atom. The van der Waals surface area contributed by atoms with Crippen molar-refractivity contribution >= 4 is 28.4 Å². The zero-order valence-electron chi connectivity index (χ0n) is 20.4. The molecular weight excluding hydrogens is 454 g/mol. The van der Waals surface area contributed by atoms with E-state index in [1.54, 1.807) is 42.5 Å². The van der Waals surface area contributed by atoms with E-state index in [2.05, 4.69) is 20.6 Å². The summed E-state index contributed by atoms with van der Waals surface area (Å²) in [5.41, 5.74) is 3.39. The van der Waals surface area contributed by atoms with Gasteiger partial charge in [-0.1, -0.05) is 61.0 Å². The van der Waals surface area contributed by atoms with Gasteiger partial charge in [-0.05, 0) is 43.3 Å². The van der Waals surface area contributed by atoms with Gasteiger partial charge in [-0.25, -0.2) is 4.98 Å². The number of nitrogens with zero attached hydrogens (tertiary/aromatic N) is 2. The van der Waals surface area contributed by atoms with Gasteiger partial charge in [-0.15, -0.1) is 0 Å². The van der Waals surface area contributed by atoms with E-state index in [0.29, 0.717) is 47.6 Å². The molecule has 0 aliphatic heterocycles. The summed E-state index contributed by atoms with van der Waals surface area (Å²) in [5.74, 6) is -0.0419. The van der Waals surface area contributed by atoms with Crippen molar-refractivity contribution < 1.29 is 9.59 Å². The predicted octanol–water partition coefficient (Wildman–Crippen LogP) is 3.62. The van der Waals surface area contributed by atoms with Gasteiger partial charge in [0.15, 0.2) is 0 Å². The van der Waals surface area contributed by atoms with E-state index < -0.39 is 0 Å². The van der Waals surface area contributed by atoms with E-state index in [4.69, 9.17) is 0 Å². The molecule has 0 saturated heterocycles. The third kappa shape index (κ3) is 6.22. The number of H-pyrrole nitrogens is 1. The standard InChI is InChI=1S/C28H29N5O3/c1-3-33(17-25-30-23-10-6-5-9-22(23)28(36)32-25)18-26(34)31-24-11-7-4-8-21(24)27(35)29-16-20-14-12-19(2)13-15-20/h4-15H,3,16-18H2,1-2H3,(H,29,35)(H,31,34)(H,30,32,36). The number of amides is 2. The molecule has 0 aliphatic rings. The minimum atomic E-state index is -0.267. The molecular formula is C28H29N5O3. The lowest BCUT2D eigenvalue weighted by molar-refractivity contribution is -0.117. The number of para-hydroxylation sites is 2. The molecule has 2 amide bonds. The number of anilines is 1. The van der Waals surface area contributed by atoms with Crippen LogP contribution in [-0.2, 0) is 17.9 Å². The van der Waals surface area contributed by atoms with Crippen molar-refractivity contribution in [1.29, 1.82) is 0 Å². The highest BCUT2D eigenvalue weighted by atomic mass is 16.2. The number of aryl methyl sites for hydroxylation is 1. The Labute approximate surface area is 209 Å². The number of likely N-dealkylation sites (N-methyl/N-ethyl adjacent to an activating group) is 1. The lowest BCUT2D eigenvalue weighted by Gasteiger charge is -2.20. The molecule has 4 rings (SSSR count). The average Bonchev–Trinajstić information content (AvgIpc) is 2.88. The fraction of sp³-hybridized carbons (Fsp3) is 0.214. The Hall–Kier alpha value is -4.30. The maximum atomic E-state index is 12.9. The Kier molecular flexibility index (Phi) is 7.87. The van der Waals surface area contributed by atoms with Crippen LogP contribution in [0.15, 0.2) is 77.6 Å². The number of rotatable bonds is 9. The van der Waals surface area contributed by atoms with Gasteiger partial charge >= 0.3 is 0 Å². The summed E-state index contributed by atoms with van der Waals surface area (Å²) < 4.78 is 0. The van der Waals surface area contributed by atoms with Gasteiger partial charge in [0.05, 0.1) is 35.2 Å². The molecule has 8 nitrogen and oxygen atoms in total. The van der Waals surface area contributed by atoms with E-state index in [9.17, 15) is 14.4 Å². The van der Waals surface area contributed by atoms with Crippen molar-refractivity contribution in [3.05, 3.63) is 106 Å². The average molecular weight is 484 g/mol. The van der Waals surface area contributed by atoms with E-state index in [0.717, 1.165) is 11.1 Å². The van der Waals surface area contributed by atoms with Crippen LogP contribution in [0, 0.1) is 6.92 Å². The van der Waals surface area contributed by atoms with Crippen LogP contribution in [-0.4, -0.2) is 39.8 Å². The fourth-order valence-corrected chi connectivity index (χ4v) is 3.87. The molecule has 8 heteroatoms. The van der Waals surface area contributed by atoms with Crippen molar-refractivity contribution in [1.82, 2.24) is 20.2 Å². The molecule has 0 fully saturated rings. The summed E-state index contributed by atoms with van der Waals surface area (Å²) in [7, 11) is 0.